The van der Waals surface area contributed by atoms with Crippen LogP contribution < -0.4 is 0 Å². The quantitative estimate of drug-likeness (QED) is 0.512. The Morgan fingerprint density at radius 1 is 1.18 bits per heavy atom. The highest BCUT2D eigenvalue weighted by Gasteiger charge is 2.75. The summed E-state index contributed by atoms with van der Waals surface area (Å²) in [5.74, 6) is 0.239. The Hall–Kier alpha value is -0.830. The number of allylic oxidation sites excluding steroid dienone is 1. The van der Waals surface area contributed by atoms with Crippen molar-refractivity contribution in [3.63, 3.8) is 0 Å². The molecule has 4 N–H and O–H groups in total. The van der Waals surface area contributed by atoms with Crippen LogP contribution in [0.15, 0.2) is 11.6 Å². The molecule has 0 aromatic rings. The van der Waals surface area contributed by atoms with Gasteiger partial charge in [-0.3, -0.25) is 4.79 Å². The van der Waals surface area contributed by atoms with Crippen molar-refractivity contribution in [2.75, 3.05) is 6.61 Å². The van der Waals surface area contributed by atoms with Crippen LogP contribution in [-0.2, 0) is 14.3 Å². The van der Waals surface area contributed by atoms with Crippen molar-refractivity contribution in [3.05, 3.63) is 11.6 Å². The third-order valence-electron chi connectivity index (χ3n) is 8.42. The fraction of sp³-hybridized carbons (Fsp3) is 0.857. The minimum absolute atomic E-state index is 0.0749. The molecular weight excluding hydrogens is 364 g/mol. The second-order valence-corrected chi connectivity index (χ2v) is 9.69. The molecule has 7 nitrogen and oxygen atoms in total. The maximum Gasteiger partial charge on any atom is 0.187 e. The maximum atomic E-state index is 12.1. The van der Waals surface area contributed by atoms with Crippen LogP contribution in [0.4, 0.5) is 0 Å². The van der Waals surface area contributed by atoms with Gasteiger partial charge in [0.1, 0.15) is 30.7 Å². The number of hydrogen-bond donors (Lipinski definition) is 4. The van der Waals surface area contributed by atoms with E-state index in [1.54, 1.807) is 0 Å². The van der Waals surface area contributed by atoms with Crippen LogP contribution in [-0.4, -0.2) is 70.1 Å². The number of carbonyl (C=O) groups excluding carboxylic acids is 1. The molecular formula is C21H32O7. The van der Waals surface area contributed by atoms with Gasteiger partial charge in [-0.2, -0.15) is 0 Å². The standard InChI is InChI=1S/C21H32O7/c1-11-4-6-20-7-5-14(21(11,20)12(9-22)8-19(20,2)3)28-18-17(26)16(25)15(24)13(10-23)27-18/h8-9,11,13-18,23-26H,4-7,10H2,1-3H3/t11-,13+,14+,15+,16-,17+,18-,20+,21+/m0/s1. The van der Waals surface area contributed by atoms with E-state index in [-0.39, 0.29) is 22.9 Å². The molecule has 158 valence electrons. The fourth-order valence-corrected chi connectivity index (χ4v) is 7.15. The van der Waals surface area contributed by atoms with E-state index >= 15 is 0 Å². The second-order valence-electron chi connectivity index (χ2n) is 9.69. The zero-order valence-electron chi connectivity index (χ0n) is 16.7. The minimum atomic E-state index is -1.47. The molecule has 0 unspecified atom stereocenters. The third kappa shape index (κ3) is 2.29. The normalized spacial score (nSPS) is 52.2. The molecule has 9 atom stereocenters. The Morgan fingerprint density at radius 2 is 1.86 bits per heavy atom. The average molecular weight is 396 g/mol. The molecule has 1 saturated heterocycles. The molecule has 0 aromatic carbocycles. The van der Waals surface area contributed by atoms with E-state index in [0.29, 0.717) is 0 Å². The van der Waals surface area contributed by atoms with Gasteiger partial charge in [-0.05, 0) is 48.0 Å². The van der Waals surface area contributed by atoms with Gasteiger partial charge < -0.3 is 29.9 Å². The van der Waals surface area contributed by atoms with Crippen molar-refractivity contribution in [2.24, 2.45) is 22.2 Å². The maximum absolute atomic E-state index is 12.1. The summed E-state index contributed by atoms with van der Waals surface area (Å²) in [6.07, 6.45) is -0.115. The highest BCUT2D eigenvalue weighted by molar-refractivity contribution is 5.79. The van der Waals surface area contributed by atoms with Crippen LogP contribution in [0, 0.1) is 22.2 Å². The topological polar surface area (TPSA) is 116 Å². The van der Waals surface area contributed by atoms with E-state index in [2.05, 4.69) is 26.8 Å². The molecule has 28 heavy (non-hydrogen) atoms. The van der Waals surface area contributed by atoms with Gasteiger partial charge >= 0.3 is 0 Å². The molecule has 4 aliphatic rings. The summed E-state index contributed by atoms with van der Waals surface area (Å²) in [5.41, 5.74) is 0.113. The van der Waals surface area contributed by atoms with E-state index in [0.717, 1.165) is 37.5 Å². The molecule has 0 radical (unpaired) electrons. The zero-order valence-corrected chi connectivity index (χ0v) is 16.7. The number of carbonyl (C=O) groups is 1. The highest BCUT2D eigenvalue weighted by Crippen LogP contribution is 2.78. The summed E-state index contributed by atoms with van der Waals surface area (Å²) < 4.78 is 11.9. The first-order valence-corrected chi connectivity index (χ1v) is 10.3. The van der Waals surface area contributed by atoms with Crippen LogP contribution in [0.5, 0.6) is 0 Å². The van der Waals surface area contributed by atoms with Crippen molar-refractivity contribution < 1.29 is 34.7 Å². The number of aldehydes is 1. The van der Waals surface area contributed by atoms with Gasteiger partial charge in [-0.15, -0.1) is 0 Å². The molecule has 0 aromatic heterocycles. The van der Waals surface area contributed by atoms with E-state index in [1.807, 2.05) is 0 Å². The first kappa shape index (κ1) is 20.4. The van der Waals surface area contributed by atoms with Gasteiger partial charge in [0.25, 0.3) is 0 Å². The molecule has 1 heterocycles. The van der Waals surface area contributed by atoms with Crippen LogP contribution in [0.1, 0.15) is 46.5 Å². The first-order chi connectivity index (χ1) is 13.2. The Balaban J connectivity index is 1.68. The summed E-state index contributed by atoms with van der Waals surface area (Å²) in [6.45, 7) is 6.04. The van der Waals surface area contributed by atoms with Crippen molar-refractivity contribution in [2.45, 2.75) is 83.3 Å². The van der Waals surface area contributed by atoms with E-state index in [4.69, 9.17) is 9.47 Å². The Kier molecular flexibility index (Phi) is 4.81. The van der Waals surface area contributed by atoms with Crippen LogP contribution in [0.25, 0.3) is 0 Å². The number of ether oxygens (including phenoxy) is 2. The average Bonchev–Trinajstić information content (AvgIpc) is 3.22. The van der Waals surface area contributed by atoms with E-state index < -0.39 is 42.7 Å². The summed E-state index contributed by atoms with van der Waals surface area (Å²) in [6, 6.07) is 0. The number of hydrogen-bond acceptors (Lipinski definition) is 7. The molecule has 0 spiro atoms. The first-order valence-electron chi connectivity index (χ1n) is 10.3. The van der Waals surface area contributed by atoms with Gasteiger partial charge in [0.15, 0.2) is 6.29 Å². The Labute approximate surface area is 165 Å². The molecule has 0 bridgehead atoms. The molecule has 7 heteroatoms. The van der Waals surface area contributed by atoms with Gasteiger partial charge in [-0.25, -0.2) is 0 Å². The number of rotatable bonds is 4. The largest absolute Gasteiger partial charge is 0.394 e. The molecule has 1 aliphatic heterocycles. The number of aliphatic hydroxyl groups excluding tert-OH is 4. The minimum Gasteiger partial charge on any atom is -0.394 e. The summed E-state index contributed by atoms with van der Waals surface area (Å²) in [7, 11) is 0. The lowest BCUT2D eigenvalue weighted by Gasteiger charge is -2.49. The van der Waals surface area contributed by atoms with Crippen molar-refractivity contribution in [1.29, 1.82) is 0 Å². The van der Waals surface area contributed by atoms with Crippen molar-refractivity contribution >= 4 is 6.29 Å². The molecule has 3 aliphatic carbocycles. The van der Waals surface area contributed by atoms with Crippen LogP contribution >= 0.6 is 0 Å². The van der Waals surface area contributed by atoms with Gasteiger partial charge in [0.05, 0.1) is 12.7 Å². The lowest BCUT2D eigenvalue weighted by Crippen LogP contribution is -2.60. The Bertz CT molecular complexity index is 674. The van der Waals surface area contributed by atoms with Gasteiger partial charge in [-0.1, -0.05) is 26.8 Å². The van der Waals surface area contributed by atoms with Crippen molar-refractivity contribution in [3.8, 4) is 0 Å². The summed E-state index contributed by atoms with van der Waals surface area (Å²) in [5, 5.41) is 40.0. The van der Waals surface area contributed by atoms with Crippen molar-refractivity contribution in [1.82, 2.24) is 0 Å². The van der Waals surface area contributed by atoms with E-state index in [1.165, 1.54) is 0 Å². The van der Waals surface area contributed by atoms with Gasteiger partial charge in [0.2, 0.25) is 0 Å². The predicted octanol–water partition coefficient (Wildman–Crippen LogP) is 0.533. The monoisotopic (exact) mass is 396 g/mol. The molecule has 3 fully saturated rings. The number of aliphatic hydroxyl groups is 4. The predicted molar refractivity (Wildman–Crippen MR) is 99.1 cm³/mol. The summed E-state index contributed by atoms with van der Waals surface area (Å²) >= 11 is 0. The fourth-order valence-electron chi connectivity index (χ4n) is 7.15. The second kappa shape index (κ2) is 6.59. The van der Waals surface area contributed by atoms with Crippen LogP contribution in [0.3, 0.4) is 0 Å². The lowest BCUT2D eigenvalue weighted by molar-refractivity contribution is -0.319. The SMILES string of the molecule is C[C@H]1CC[C@]23CC[C@@H](O[C@@H]4O[C@H](CO)[C@@H](O)[C@H](O)[C@H]4O)[C@]12C(C=O)=CC3(C)C. The highest BCUT2D eigenvalue weighted by atomic mass is 16.7. The van der Waals surface area contributed by atoms with E-state index in [9.17, 15) is 25.2 Å². The summed E-state index contributed by atoms with van der Waals surface area (Å²) in [4.78, 5) is 12.1. The third-order valence-corrected chi connectivity index (χ3v) is 8.42. The zero-order chi connectivity index (χ0) is 20.5. The van der Waals surface area contributed by atoms with Gasteiger partial charge in [0, 0.05) is 5.41 Å². The lowest BCUT2D eigenvalue weighted by atomic mass is 9.56. The van der Waals surface area contributed by atoms with Crippen LogP contribution in [0.2, 0.25) is 0 Å². The smallest absolute Gasteiger partial charge is 0.187 e. The molecule has 2 saturated carbocycles. The Morgan fingerprint density at radius 3 is 2.50 bits per heavy atom. The molecule has 4 rings (SSSR count). The molecule has 0 amide bonds.